The summed E-state index contributed by atoms with van der Waals surface area (Å²) in [6.07, 6.45) is 5.48. The van der Waals surface area contributed by atoms with E-state index in [1.165, 1.54) is 17.7 Å². The van der Waals surface area contributed by atoms with Gasteiger partial charge in [0.1, 0.15) is 5.65 Å². The van der Waals surface area contributed by atoms with Gasteiger partial charge in [-0.1, -0.05) is 19.9 Å². The first-order chi connectivity index (χ1) is 8.25. The van der Waals surface area contributed by atoms with Gasteiger partial charge in [0.2, 0.25) is 0 Å². The van der Waals surface area contributed by atoms with Crippen molar-refractivity contribution < 1.29 is 0 Å². The van der Waals surface area contributed by atoms with E-state index in [2.05, 4.69) is 48.1 Å². The highest BCUT2D eigenvalue weighted by molar-refractivity contribution is 5.51. The number of nitrogens with zero attached hydrogens (tertiary/aromatic N) is 2. The van der Waals surface area contributed by atoms with Crippen LogP contribution in [0.25, 0.3) is 5.65 Å². The molecule has 3 heteroatoms. The summed E-state index contributed by atoms with van der Waals surface area (Å²) in [5, 5.41) is 3.43. The molecule has 3 heterocycles. The Morgan fingerprint density at radius 2 is 2.35 bits per heavy atom. The molecule has 0 saturated carbocycles. The average Bonchev–Trinajstić information content (AvgIpc) is 2.97. The molecule has 2 aromatic heterocycles. The molecule has 2 aromatic rings. The molecule has 1 fully saturated rings. The van der Waals surface area contributed by atoms with Gasteiger partial charge in [-0.2, -0.15) is 0 Å². The minimum Gasteiger partial charge on any atom is -0.316 e. The lowest BCUT2D eigenvalue weighted by Gasteiger charge is -2.09. The summed E-state index contributed by atoms with van der Waals surface area (Å²) >= 11 is 0. The molecule has 0 aromatic carbocycles. The highest BCUT2D eigenvalue weighted by Crippen LogP contribution is 2.26. The van der Waals surface area contributed by atoms with Crippen molar-refractivity contribution in [3.63, 3.8) is 0 Å². The van der Waals surface area contributed by atoms with Crippen LogP contribution in [0.1, 0.15) is 43.4 Å². The van der Waals surface area contributed by atoms with Crippen LogP contribution in [-0.4, -0.2) is 22.5 Å². The second kappa shape index (κ2) is 4.15. The fraction of sp³-hybridized carbons (Fsp3) is 0.500. The molecule has 0 spiro atoms. The van der Waals surface area contributed by atoms with E-state index in [0.717, 1.165) is 18.7 Å². The van der Waals surface area contributed by atoms with E-state index in [-0.39, 0.29) is 0 Å². The lowest BCUT2D eigenvalue weighted by atomic mass is 10.00. The molecule has 3 rings (SSSR count). The van der Waals surface area contributed by atoms with E-state index in [1.807, 2.05) is 0 Å². The summed E-state index contributed by atoms with van der Waals surface area (Å²) < 4.78 is 2.17. The summed E-state index contributed by atoms with van der Waals surface area (Å²) in [6.45, 7) is 6.60. The lowest BCUT2D eigenvalue weighted by molar-refractivity contribution is 0.762. The van der Waals surface area contributed by atoms with Gasteiger partial charge in [0.15, 0.2) is 0 Å². The fourth-order valence-electron chi connectivity index (χ4n) is 2.57. The van der Waals surface area contributed by atoms with E-state index in [4.69, 9.17) is 4.98 Å². The Morgan fingerprint density at radius 1 is 1.47 bits per heavy atom. The van der Waals surface area contributed by atoms with Crippen molar-refractivity contribution in [2.45, 2.75) is 32.1 Å². The van der Waals surface area contributed by atoms with Crippen molar-refractivity contribution in [1.82, 2.24) is 14.7 Å². The molecule has 17 heavy (non-hydrogen) atoms. The van der Waals surface area contributed by atoms with E-state index >= 15 is 0 Å². The van der Waals surface area contributed by atoms with Gasteiger partial charge in [0, 0.05) is 24.9 Å². The number of hydrogen-bond donors (Lipinski definition) is 1. The summed E-state index contributed by atoms with van der Waals surface area (Å²) in [6, 6.07) is 4.36. The quantitative estimate of drug-likeness (QED) is 0.857. The zero-order valence-electron chi connectivity index (χ0n) is 10.5. The third kappa shape index (κ3) is 1.84. The Bertz CT molecular complexity index is 521. The Kier molecular flexibility index (Phi) is 2.63. The van der Waals surface area contributed by atoms with Gasteiger partial charge in [-0.15, -0.1) is 0 Å². The molecule has 3 nitrogen and oxygen atoms in total. The standard InChI is InChI=1S/C14H19N3/c1-10(2)13-9-17-7-3-4-12(14(17)16-13)11-5-6-15-8-11/h3-4,7,9-11,15H,5-6,8H2,1-2H3. The summed E-state index contributed by atoms with van der Waals surface area (Å²) in [5.41, 5.74) is 3.72. The third-order valence-electron chi connectivity index (χ3n) is 3.62. The SMILES string of the molecule is CC(C)c1cn2cccc(C3CCNC3)c2n1. The zero-order valence-corrected chi connectivity index (χ0v) is 10.5. The first kappa shape index (κ1) is 10.8. The smallest absolute Gasteiger partial charge is 0.140 e. The first-order valence-electron chi connectivity index (χ1n) is 6.44. The van der Waals surface area contributed by atoms with Crippen molar-refractivity contribution >= 4 is 5.65 Å². The van der Waals surface area contributed by atoms with Crippen LogP contribution < -0.4 is 5.32 Å². The number of hydrogen-bond acceptors (Lipinski definition) is 2. The van der Waals surface area contributed by atoms with E-state index in [0.29, 0.717) is 11.8 Å². The molecular weight excluding hydrogens is 210 g/mol. The van der Waals surface area contributed by atoms with Gasteiger partial charge < -0.3 is 9.72 Å². The molecule has 0 radical (unpaired) electrons. The average molecular weight is 229 g/mol. The maximum Gasteiger partial charge on any atom is 0.140 e. The first-order valence-corrected chi connectivity index (χ1v) is 6.44. The normalized spacial score (nSPS) is 20.5. The topological polar surface area (TPSA) is 29.3 Å². The van der Waals surface area contributed by atoms with Crippen molar-refractivity contribution in [1.29, 1.82) is 0 Å². The fourth-order valence-corrected chi connectivity index (χ4v) is 2.57. The molecule has 0 amide bonds. The molecule has 1 aliphatic heterocycles. The number of pyridine rings is 1. The molecule has 0 bridgehead atoms. The highest BCUT2D eigenvalue weighted by Gasteiger charge is 2.20. The minimum absolute atomic E-state index is 0.490. The molecule has 1 atom stereocenters. The summed E-state index contributed by atoms with van der Waals surface area (Å²) in [7, 11) is 0. The molecular formula is C14H19N3. The Morgan fingerprint density at radius 3 is 3.06 bits per heavy atom. The van der Waals surface area contributed by atoms with Crippen molar-refractivity contribution in [2.24, 2.45) is 0 Å². The number of rotatable bonds is 2. The van der Waals surface area contributed by atoms with Crippen LogP contribution in [0.15, 0.2) is 24.5 Å². The van der Waals surface area contributed by atoms with E-state index < -0.39 is 0 Å². The monoisotopic (exact) mass is 229 g/mol. The van der Waals surface area contributed by atoms with Crippen LogP contribution in [0.4, 0.5) is 0 Å². The maximum atomic E-state index is 4.79. The summed E-state index contributed by atoms with van der Waals surface area (Å²) in [5.74, 6) is 1.12. The maximum absolute atomic E-state index is 4.79. The van der Waals surface area contributed by atoms with Gasteiger partial charge in [-0.25, -0.2) is 4.98 Å². The number of aromatic nitrogens is 2. The van der Waals surface area contributed by atoms with E-state index in [9.17, 15) is 0 Å². The minimum atomic E-state index is 0.490. The molecule has 1 aliphatic rings. The largest absolute Gasteiger partial charge is 0.316 e. The van der Waals surface area contributed by atoms with Crippen LogP contribution in [0.2, 0.25) is 0 Å². The van der Waals surface area contributed by atoms with Crippen LogP contribution >= 0.6 is 0 Å². The van der Waals surface area contributed by atoms with Crippen molar-refractivity contribution in [3.8, 4) is 0 Å². The van der Waals surface area contributed by atoms with Crippen LogP contribution in [0.3, 0.4) is 0 Å². The predicted octanol–water partition coefficient (Wildman–Crippen LogP) is 2.53. The third-order valence-corrected chi connectivity index (χ3v) is 3.62. The Labute approximate surface area is 102 Å². The Balaban J connectivity index is 2.11. The van der Waals surface area contributed by atoms with Crippen LogP contribution in [-0.2, 0) is 0 Å². The molecule has 1 saturated heterocycles. The lowest BCUT2D eigenvalue weighted by Crippen LogP contribution is -2.08. The molecule has 1 N–H and O–H groups in total. The van der Waals surface area contributed by atoms with Gasteiger partial charge in [-0.3, -0.25) is 0 Å². The molecule has 1 unspecified atom stereocenters. The van der Waals surface area contributed by atoms with E-state index in [1.54, 1.807) is 0 Å². The van der Waals surface area contributed by atoms with Crippen LogP contribution in [0, 0.1) is 0 Å². The molecule has 90 valence electrons. The Hall–Kier alpha value is -1.35. The number of nitrogens with one attached hydrogen (secondary N) is 1. The highest BCUT2D eigenvalue weighted by atomic mass is 15.0. The molecule has 0 aliphatic carbocycles. The van der Waals surface area contributed by atoms with Crippen LogP contribution in [0.5, 0.6) is 0 Å². The predicted molar refractivity (Wildman–Crippen MR) is 69.5 cm³/mol. The second-order valence-corrected chi connectivity index (χ2v) is 5.20. The number of imidazole rings is 1. The van der Waals surface area contributed by atoms with Crippen molar-refractivity contribution in [2.75, 3.05) is 13.1 Å². The second-order valence-electron chi connectivity index (χ2n) is 5.20. The number of fused-ring (bicyclic) bond motifs is 1. The van der Waals surface area contributed by atoms with Gasteiger partial charge in [-0.05, 0) is 30.5 Å². The van der Waals surface area contributed by atoms with Gasteiger partial charge >= 0.3 is 0 Å². The van der Waals surface area contributed by atoms with Gasteiger partial charge in [0.05, 0.1) is 5.69 Å². The zero-order chi connectivity index (χ0) is 11.8. The van der Waals surface area contributed by atoms with Gasteiger partial charge in [0.25, 0.3) is 0 Å². The van der Waals surface area contributed by atoms with Crippen molar-refractivity contribution in [3.05, 3.63) is 35.8 Å². The summed E-state index contributed by atoms with van der Waals surface area (Å²) in [4.78, 5) is 4.79.